The van der Waals surface area contributed by atoms with Crippen molar-refractivity contribution in [1.82, 2.24) is 5.43 Å². The molecule has 1 aromatic heterocycles. The number of aryl methyl sites for hydroxylation is 1. The van der Waals surface area contributed by atoms with E-state index in [4.69, 9.17) is 9.15 Å². The predicted octanol–water partition coefficient (Wildman–Crippen LogP) is 3.93. The van der Waals surface area contributed by atoms with E-state index < -0.39 is 0 Å². The smallest absolute Gasteiger partial charge is 0.307 e. The highest BCUT2D eigenvalue weighted by molar-refractivity contribution is 5.92. The molecule has 0 unspecified atom stereocenters. The monoisotopic (exact) mass is 334 g/mol. The summed E-state index contributed by atoms with van der Waals surface area (Å²) in [5.41, 5.74) is 4.35. The summed E-state index contributed by atoms with van der Waals surface area (Å²) in [5, 5.41) is 3.95. The van der Waals surface area contributed by atoms with Crippen molar-refractivity contribution in [1.29, 1.82) is 0 Å². The van der Waals surface area contributed by atoms with Crippen LogP contribution in [-0.2, 0) is 6.61 Å². The molecule has 5 heteroatoms. The van der Waals surface area contributed by atoms with Crippen molar-refractivity contribution in [3.05, 3.63) is 89.4 Å². The average molecular weight is 334 g/mol. The first-order valence-electron chi connectivity index (χ1n) is 7.87. The van der Waals surface area contributed by atoms with Crippen molar-refractivity contribution in [2.24, 2.45) is 5.10 Å². The van der Waals surface area contributed by atoms with E-state index in [1.165, 1.54) is 0 Å². The lowest BCUT2D eigenvalue weighted by Gasteiger charge is -2.06. The van der Waals surface area contributed by atoms with Gasteiger partial charge in [0.05, 0.1) is 6.21 Å². The van der Waals surface area contributed by atoms with E-state index in [0.29, 0.717) is 12.4 Å². The summed E-state index contributed by atoms with van der Waals surface area (Å²) in [4.78, 5) is 11.8. The molecule has 3 rings (SSSR count). The van der Waals surface area contributed by atoms with Crippen LogP contribution in [-0.4, -0.2) is 12.1 Å². The molecule has 1 N–H and O–H groups in total. The summed E-state index contributed by atoms with van der Waals surface area (Å²) in [6.07, 6.45) is 1.56. The minimum Gasteiger partial charge on any atom is -0.489 e. The Morgan fingerprint density at radius 2 is 1.96 bits per heavy atom. The van der Waals surface area contributed by atoms with Crippen LogP contribution in [0.25, 0.3) is 0 Å². The van der Waals surface area contributed by atoms with Crippen LogP contribution < -0.4 is 10.2 Å². The maximum atomic E-state index is 11.8. The number of hydrazone groups is 1. The van der Waals surface area contributed by atoms with E-state index in [1.807, 2.05) is 54.6 Å². The third-order valence-electron chi connectivity index (χ3n) is 3.45. The molecule has 126 valence electrons. The minimum absolute atomic E-state index is 0.231. The predicted molar refractivity (Wildman–Crippen MR) is 95.7 cm³/mol. The zero-order valence-electron chi connectivity index (χ0n) is 13.8. The number of carbonyl (C=O) groups is 1. The Morgan fingerprint density at radius 3 is 2.72 bits per heavy atom. The molecule has 0 spiro atoms. The largest absolute Gasteiger partial charge is 0.489 e. The van der Waals surface area contributed by atoms with Crippen molar-refractivity contribution in [3.63, 3.8) is 0 Å². The number of furan rings is 1. The lowest BCUT2D eigenvalue weighted by Crippen LogP contribution is -2.16. The second-order valence-corrected chi connectivity index (χ2v) is 5.46. The number of rotatable bonds is 6. The number of carbonyl (C=O) groups excluding carboxylic acids is 1. The molecule has 3 aromatic rings. The van der Waals surface area contributed by atoms with E-state index in [0.717, 1.165) is 16.9 Å². The van der Waals surface area contributed by atoms with Crippen molar-refractivity contribution in [3.8, 4) is 5.75 Å². The van der Waals surface area contributed by atoms with Gasteiger partial charge >= 0.3 is 5.91 Å². The molecule has 2 aromatic carbocycles. The highest BCUT2D eigenvalue weighted by atomic mass is 16.5. The van der Waals surface area contributed by atoms with Crippen LogP contribution in [0.5, 0.6) is 5.75 Å². The standard InChI is InChI=1S/C20H18N2O3/c1-15-10-11-19(25-15)20(23)22-21-13-17-8-5-9-18(12-17)24-14-16-6-3-2-4-7-16/h2-13H,14H2,1H3,(H,22,23)/b21-13+. The first kappa shape index (κ1) is 16.5. The second kappa shape index (κ2) is 7.97. The number of nitrogens with zero attached hydrogens (tertiary/aromatic N) is 1. The molecule has 0 saturated carbocycles. The van der Waals surface area contributed by atoms with Gasteiger partial charge in [-0.15, -0.1) is 0 Å². The Labute approximate surface area is 145 Å². The number of amides is 1. The van der Waals surface area contributed by atoms with Crippen LogP contribution in [0.15, 0.2) is 76.2 Å². The number of ether oxygens (including phenoxy) is 1. The van der Waals surface area contributed by atoms with Crippen LogP contribution in [0.2, 0.25) is 0 Å². The lowest BCUT2D eigenvalue weighted by atomic mass is 10.2. The van der Waals surface area contributed by atoms with E-state index >= 15 is 0 Å². The third kappa shape index (κ3) is 4.81. The average Bonchev–Trinajstić information content (AvgIpc) is 3.08. The molecule has 1 amide bonds. The van der Waals surface area contributed by atoms with E-state index in [-0.39, 0.29) is 11.7 Å². The van der Waals surface area contributed by atoms with Gasteiger partial charge < -0.3 is 9.15 Å². The molecule has 25 heavy (non-hydrogen) atoms. The fraction of sp³-hybridized carbons (Fsp3) is 0.100. The molecule has 0 radical (unpaired) electrons. The van der Waals surface area contributed by atoms with Crippen LogP contribution >= 0.6 is 0 Å². The lowest BCUT2D eigenvalue weighted by molar-refractivity contribution is 0.0926. The Hall–Kier alpha value is -3.34. The zero-order chi connectivity index (χ0) is 17.5. The number of benzene rings is 2. The summed E-state index contributed by atoms with van der Waals surface area (Å²) in [7, 11) is 0. The molecule has 0 aliphatic heterocycles. The Morgan fingerprint density at radius 1 is 1.12 bits per heavy atom. The van der Waals surface area contributed by atoms with Gasteiger partial charge in [-0.1, -0.05) is 42.5 Å². The van der Waals surface area contributed by atoms with Gasteiger partial charge in [0.1, 0.15) is 18.1 Å². The fourth-order valence-electron chi connectivity index (χ4n) is 2.20. The van der Waals surface area contributed by atoms with E-state index in [1.54, 1.807) is 25.3 Å². The highest BCUT2D eigenvalue weighted by Crippen LogP contribution is 2.14. The van der Waals surface area contributed by atoms with Crippen molar-refractivity contribution in [2.45, 2.75) is 13.5 Å². The molecule has 0 fully saturated rings. The van der Waals surface area contributed by atoms with Gasteiger partial charge in [-0.3, -0.25) is 4.79 Å². The summed E-state index contributed by atoms with van der Waals surface area (Å²) >= 11 is 0. The molecule has 0 aliphatic rings. The Balaban J connectivity index is 1.56. The quantitative estimate of drug-likeness (QED) is 0.549. The zero-order valence-corrected chi connectivity index (χ0v) is 13.8. The molecule has 0 atom stereocenters. The van der Waals surface area contributed by atoms with Crippen molar-refractivity contribution >= 4 is 12.1 Å². The SMILES string of the molecule is Cc1ccc(C(=O)N/N=C/c2cccc(OCc3ccccc3)c2)o1. The van der Waals surface area contributed by atoms with Gasteiger partial charge in [-0.2, -0.15) is 5.10 Å². The summed E-state index contributed by atoms with van der Waals surface area (Å²) in [6, 6.07) is 20.8. The van der Waals surface area contributed by atoms with Crippen LogP contribution in [0.1, 0.15) is 27.4 Å². The highest BCUT2D eigenvalue weighted by Gasteiger charge is 2.08. The number of hydrogen-bond donors (Lipinski definition) is 1. The molecule has 0 bridgehead atoms. The first-order chi connectivity index (χ1) is 12.2. The maximum absolute atomic E-state index is 11.8. The fourth-order valence-corrected chi connectivity index (χ4v) is 2.20. The molecular formula is C20H18N2O3. The Bertz CT molecular complexity index is 869. The second-order valence-electron chi connectivity index (χ2n) is 5.46. The molecule has 0 aliphatic carbocycles. The van der Waals surface area contributed by atoms with E-state index in [2.05, 4.69) is 10.5 Å². The topological polar surface area (TPSA) is 63.8 Å². The normalized spacial score (nSPS) is 10.8. The summed E-state index contributed by atoms with van der Waals surface area (Å²) < 4.78 is 11.0. The van der Waals surface area contributed by atoms with Gasteiger partial charge in [0.15, 0.2) is 5.76 Å². The van der Waals surface area contributed by atoms with E-state index in [9.17, 15) is 4.79 Å². The Kier molecular flexibility index (Phi) is 5.26. The third-order valence-corrected chi connectivity index (χ3v) is 3.45. The maximum Gasteiger partial charge on any atom is 0.307 e. The van der Waals surface area contributed by atoms with Gasteiger partial charge in [0, 0.05) is 0 Å². The van der Waals surface area contributed by atoms with Crippen molar-refractivity contribution < 1.29 is 13.9 Å². The molecule has 5 nitrogen and oxygen atoms in total. The molecular weight excluding hydrogens is 316 g/mol. The van der Waals surface area contributed by atoms with Gasteiger partial charge in [0.25, 0.3) is 0 Å². The minimum atomic E-state index is -0.388. The summed E-state index contributed by atoms with van der Waals surface area (Å²) in [6.45, 7) is 2.27. The van der Waals surface area contributed by atoms with Gasteiger partial charge in [0.2, 0.25) is 0 Å². The van der Waals surface area contributed by atoms with Crippen molar-refractivity contribution in [2.75, 3.05) is 0 Å². The number of hydrogen-bond acceptors (Lipinski definition) is 4. The summed E-state index contributed by atoms with van der Waals surface area (Å²) in [5.74, 6) is 1.26. The van der Waals surface area contributed by atoms with Crippen LogP contribution in [0.3, 0.4) is 0 Å². The molecule has 0 saturated heterocycles. The van der Waals surface area contributed by atoms with Crippen LogP contribution in [0.4, 0.5) is 0 Å². The number of nitrogens with one attached hydrogen (secondary N) is 1. The van der Waals surface area contributed by atoms with Crippen LogP contribution in [0, 0.1) is 6.92 Å². The van der Waals surface area contributed by atoms with Gasteiger partial charge in [-0.05, 0) is 42.3 Å². The first-order valence-corrected chi connectivity index (χ1v) is 7.87. The van der Waals surface area contributed by atoms with Gasteiger partial charge in [-0.25, -0.2) is 5.43 Å². The molecule has 1 heterocycles.